The maximum atomic E-state index is 12.3. The van der Waals surface area contributed by atoms with Gasteiger partial charge < -0.3 is 10.2 Å². The van der Waals surface area contributed by atoms with Crippen LogP contribution in [-0.4, -0.2) is 59.4 Å². The van der Waals surface area contributed by atoms with Gasteiger partial charge in [0.05, 0.1) is 12.1 Å². The van der Waals surface area contributed by atoms with Crippen molar-refractivity contribution in [1.82, 2.24) is 15.1 Å². The van der Waals surface area contributed by atoms with Gasteiger partial charge in [0.15, 0.2) is 0 Å². The fourth-order valence-corrected chi connectivity index (χ4v) is 3.39. The zero-order valence-corrected chi connectivity index (χ0v) is 12.5. The number of nitrogens with one attached hydrogen (secondary N) is 1. The summed E-state index contributed by atoms with van der Waals surface area (Å²) in [6.07, 6.45) is 4.22. The van der Waals surface area contributed by atoms with Crippen LogP contribution in [-0.2, 0) is 9.59 Å². The van der Waals surface area contributed by atoms with Gasteiger partial charge in [-0.2, -0.15) is 0 Å². The van der Waals surface area contributed by atoms with Gasteiger partial charge in [0.2, 0.25) is 11.8 Å². The van der Waals surface area contributed by atoms with Gasteiger partial charge in [-0.15, -0.1) is 0 Å². The maximum absolute atomic E-state index is 12.3. The highest BCUT2D eigenvalue weighted by molar-refractivity contribution is 5.84. The first-order valence-corrected chi connectivity index (χ1v) is 7.91. The maximum Gasteiger partial charge on any atom is 0.240 e. The van der Waals surface area contributed by atoms with E-state index < -0.39 is 0 Å². The molecular formula is C15H25N3O2. The van der Waals surface area contributed by atoms with Crippen LogP contribution in [0.15, 0.2) is 0 Å². The van der Waals surface area contributed by atoms with Crippen LogP contribution in [0.4, 0.5) is 0 Å². The van der Waals surface area contributed by atoms with Gasteiger partial charge in [0.25, 0.3) is 0 Å². The van der Waals surface area contributed by atoms with Crippen molar-refractivity contribution in [2.45, 2.75) is 57.7 Å². The summed E-state index contributed by atoms with van der Waals surface area (Å²) in [5, 5.41) is 3.12. The number of hydrogen-bond donors (Lipinski definition) is 1. The van der Waals surface area contributed by atoms with E-state index in [2.05, 4.69) is 24.1 Å². The van der Waals surface area contributed by atoms with Crippen molar-refractivity contribution in [3.05, 3.63) is 0 Å². The lowest BCUT2D eigenvalue weighted by Gasteiger charge is -2.43. The zero-order chi connectivity index (χ0) is 14.3. The fraction of sp³-hybridized carbons (Fsp3) is 0.867. The Labute approximate surface area is 120 Å². The van der Waals surface area contributed by atoms with Crippen molar-refractivity contribution in [2.75, 3.05) is 19.6 Å². The van der Waals surface area contributed by atoms with E-state index >= 15 is 0 Å². The minimum absolute atomic E-state index is 0.0502. The van der Waals surface area contributed by atoms with E-state index in [1.54, 1.807) is 0 Å². The molecule has 0 unspecified atom stereocenters. The van der Waals surface area contributed by atoms with Gasteiger partial charge >= 0.3 is 0 Å². The Morgan fingerprint density at radius 2 is 1.95 bits per heavy atom. The molecule has 20 heavy (non-hydrogen) atoms. The molecular weight excluding hydrogens is 254 g/mol. The topological polar surface area (TPSA) is 52.6 Å². The van der Waals surface area contributed by atoms with Gasteiger partial charge in [0.1, 0.15) is 0 Å². The molecule has 5 nitrogen and oxygen atoms in total. The Balaban J connectivity index is 1.44. The minimum atomic E-state index is 0.0502. The van der Waals surface area contributed by atoms with Crippen molar-refractivity contribution in [2.24, 2.45) is 5.92 Å². The smallest absolute Gasteiger partial charge is 0.240 e. The van der Waals surface area contributed by atoms with Crippen molar-refractivity contribution in [3.63, 3.8) is 0 Å². The number of amides is 2. The lowest BCUT2D eigenvalue weighted by Crippen LogP contribution is -2.64. The normalized spacial score (nSPS) is 28.6. The fourth-order valence-electron chi connectivity index (χ4n) is 3.39. The average Bonchev–Trinajstić information content (AvgIpc) is 2.62. The van der Waals surface area contributed by atoms with Crippen LogP contribution in [0.25, 0.3) is 0 Å². The monoisotopic (exact) mass is 279 g/mol. The quantitative estimate of drug-likeness (QED) is 0.820. The Morgan fingerprint density at radius 1 is 1.25 bits per heavy atom. The third kappa shape index (κ3) is 2.43. The molecule has 2 heterocycles. The second-order valence-electron chi connectivity index (χ2n) is 6.72. The van der Waals surface area contributed by atoms with Gasteiger partial charge in [0, 0.05) is 31.6 Å². The number of likely N-dealkylation sites (tertiary alicyclic amines) is 2. The molecule has 2 saturated heterocycles. The Kier molecular flexibility index (Phi) is 3.71. The van der Waals surface area contributed by atoms with E-state index in [1.807, 2.05) is 4.90 Å². The standard InChI is InChI=1S/C15H25N3O2/c1-10(2)18-7-6-13(15(18)20)17-8-12(9-17)16-14(19)11-4-3-5-11/h10-13H,3-9H2,1-2H3,(H,16,19)/t13-/m1/s1. The molecule has 1 aliphatic carbocycles. The third-order valence-electron chi connectivity index (χ3n) is 5.01. The van der Waals surface area contributed by atoms with E-state index in [4.69, 9.17) is 0 Å². The molecule has 2 amide bonds. The molecule has 3 rings (SSSR count). The van der Waals surface area contributed by atoms with Crippen LogP contribution in [0.5, 0.6) is 0 Å². The first-order chi connectivity index (χ1) is 9.56. The molecule has 0 aromatic rings. The summed E-state index contributed by atoms with van der Waals surface area (Å²) in [7, 11) is 0. The highest BCUT2D eigenvalue weighted by atomic mass is 16.2. The predicted molar refractivity (Wildman–Crippen MR) is 76.1 cm³/mol. The van der Waals surface area contributed by atoms with Gasteiger partial charge in [-0.1, -0.05) is 6.42 Å². The molecule has 2 aliphatic heterocycles. The molecule has 0 spiro atoms. The summed E-state index contributed by atoms with van der Waals surface area (Å²) < 4.78 is 0. The molecule has 3 aliphatic rings. The van der Waals surface area contributed by atoms with E-state index in [0.717, 1.165) is 38.9 Å². The van der Waals surface area contributed by atoms with Gasteiger partial charge in [-0.05, 0) is 33.1 Å². The number of carbonyl (C=O) groups is 2. The molecule has 0 aromatic heterocycles. The SMILES string of the molecule is CC(C)N1CC[C@@H](N2CC(NC(=O)C3CCC3)C2)C1=O. The molecule has 3 fully saturated rings. The molecule has 0 aromatic carbocycles. The lowest BCUT2D eigenvalue weighted by atomic mass is 9.84. The van der Waals surface area contributed by atoms with Crippen LogP contribution >= 0.6 is 0 Å². The number of nitrogens with zero attached hydrogens (tertiary/aromatic N) is 2. The van der Waals surface area contributed by atoms with Crippen LogP contribution in [0.2, 0.25) is 0 Å². The Morgan fingerprint density at radius 3 is 2.45 bits per heavy atom. The van der Waals surface area contributed by atoms with Crippen molar-refractivity contribution in [3.8, 4) is 0 Å². The summed E-state index contributed by atoms with van der Waals surface area (Å²) in [5.41, 5.74) is 0. The molecule has 112 valence electrons. The average molecular weight is 279 g/mol. The van der Waals surface area contributed by atoms with Crippen LogP contribution in [0, 0.1) is 5.92 Å². The predicted octanol–water partition coefficient (Wildman–Crippen LogP) is 0.596. The zero-order valence-electron chi connectivity index (χ0n) is 12.5. The van der Waals surface area contributed by atoms with Crippen molar-refractivity contribution >= 4 is 11.8 Å². The first kappa shape index (κ1) is 13.9. The number of rotatable bonds is 4. The van der Waals surface area contributed by atoms with E-state index in [1.165, 1.54) is 6.42 Å². The highest BCUT2D eigenvalue weighted by Crippen LogP contribution is 2.28. The van der Waals surface area contributed by atoms with Gasteiger partial charge in [-0.25, -0.2) is 0 Å². The summed E-state index contributed by atoms with van der Waals surface area (Å²) in [5.74, 6) is 0.750. The molecule has 1 saturated carbocycles. The molecule has 1 atom stereocenters. The molecule has 5 heteroatoms. The van der Waals surface area contributed by atoms with E-state index in [-0.39, 0.29) is 29.8 Å². The number of carbonyl (C=O) groups excluding carboxylic acids is 2. The minimum Gasteiger partial charge on any atom is -0.351 e. The Bertz CT molecular complexity index is 400. The number of hydrogen-bond acceptors (Lipinski definition) is 3. The summed E-state index contributed by atoms with van der Waals surface area (Å²) >= 11 is 0. The second kappa shape index (κ2) is 5.35. The molecule has 1 N–H and O–H groups in total. The summed E-state index contributed by atoms with van der Waals surface area (Å²) in [4.78, 5) is 28.3. The van der Waals surface area contributed by atoms with Crippen molar-refractivity contribution in [1.29, 1.82) is 0 Å². The lowest BCUT2D eigenvalue weighted by molar-refractivity contribution is -0.135. The van der Waals surface area contributed by atoms with Crippen LogP contribution in [0.1, 0.15) is 39.5 Å². The third-order valence-corrected chi connectivity index (χ3v) is 5.01. The largest absolute Gasteiger partial charge is 0.351 e. The van der Waals surface area contributed by atoms with E-state index in [0.29, 0.717) is 6.04 Å². The molecule has 0 radical (unpaired) electrons. The van der Waals surface area contributed by atoms with Crippen molar-refractivity contribution < 1.29 is 9.59 Å². The summed E-state index contributed by atoms with van der Waals surface area (Å²) in [6, 6.07) is 0.598. The summed E-state index contributed by atoms with van der Waals surface area (Å²) in [6.45, 7) is 6.68. The second-order valence-corrected chi connectivity index (χ2v) is 6.72. The van der Waals surface area contributed by atoms with Crippen LogP contribution in [0.3, 0.4) is 0 Å². The Hall–Kier alpha value is -1.10. The first-order valence-electron chi connectivity index (χ1n) is 7.91. The van der Waals surface area contributed by atoms with Gasteiger partial charge in [-0.3, -0.25) is 14.5 Å². The van der Waals surface area contributed by atoms with E-state index in [9.17, 15) is 9.59 Å². The van der Waals surface area contributed by atoms with Crippen LogP contribution < -0.4 is 5.32 Å². The highest BCUT2D eigenvalue weighted by Gasteiger charge is 2.42. The molecule has 0 bridgehead atoms.